The molecule has 0 aliphatic carbocycles. The third-order valence-corrected chi connectivity index (χ3v) is 5.35. The number of hydrogen-bond acceptors (Lipinski definition) is 4. The third kappa shape index (κ3) is 6.18. The first-order chi connectivity index (χ1) is 15.4. The van der Waals surface area contributed by atoms with E-state index in [1.165, 1.54) is 18.2 Å². The zero-order valence-electron chi connectivity index (χ0n) is 17.1. The van der Waals surface area contributed by atoms with Crippen molar-refractivity contribution in [1.29, 1.82) is 5.26 Å². The molecule has 0 unspecified atom stereocenters. The van der Waals surface area contributed by atoms with Crippen molar-refractivity contribution < 1.29 is 19.4 Å². The second-order valence-electron chi connectivity index (χ2n) is 6.97. The van der Waals surface area contributed by atoms with E-state index in [0.717, 1.165) is 14.7 Å². The highest BCUT2D eigenvalue weighted by molar-refractivity contribution is 14.1. The molecule has 0 aliphatic heterocycles. The van der Waals surface area contributed by atoms with Crippen molar-refractivity contribution in [2.45, 2.75) is 13.5 Å². The first-order valence-corrected chi connectivity index (χ1v) is 10.7. The van der Waals surface area contributed by atoms with Crippen molar-refractivity contribution >= 4 is 46.2 Å². The lowest BCUT2D eigenvalue weighted by molar-refractivity contribution is -0.112. The Balaban J connectivity index is 1.68. The van der Waals surface area contributed by atoms with Crippen molar-refractivity contribution in [1.82, 2.24) is 0 Å². The van der Waals surface area contributed by atoms with Gasteiger partial charge < -0.3 is 15.2 Å². The Hall–Kier alpha value is -3.64. The molecule has 3 aromatic rings. The number of anilines is 1. The van der Waals surface area contributed by atoms with Crippen LogP contribution in [0.5, 0.6) is 5.75 Å². The lowest BCUT2D eigenvalue weighted by atomic mass is 10.1. The summed E-state index contributed by atoms with van der Waals surface area (Å²) in [6.07, 6.45) is 1.53. The number of ether oxygens (including phenoxy) is 1. The van der Waals surface area contributed by atoms with Crippen LogP contribution in [0.15, 0.2) is 72.3 Å². The number of hydrogen-bond donors (Lipinski definition) is 2. The molecule has 160 valence electrons. The molecule has 0 spiro atoms. The number of carboxylic acids is 1. The number of aryl methyl sites for hydroxylation is 1. The highest BCUT2D eigenvalue weighted by Gasteiger charge is 2.11. The minimum atomic E-state index is -0.972. The average molecular weight is 538 g/mol. The molecule has 0 aliphatic rings. The van der Waals surface area contributed by atoms with Gasteiger partial charge in [0.25, 0.3) is 5.91 Å². The highest BCUT2D eigenvalue weighted by atomic mass is 127. The summed E-state index contributed by atoms with van der Waals surface area (Å²) in [6.45, 7) is 2.21. The predicted octanol–water partition coefficient (Wildman–Crippen LogP) is 5.42. The van der Waals surface area contributed by atoms with Crippen LogP contribution in [0.2, 0.25) is 0 Å². The Morgan fingerprint density at radius 2 is 1.88 bits per heavy atom. The van der Waals surface area contributed by atoms with Gasteiger partial charge in [0.15, 0.2) is 0 Å². The van der Waals surface area contributed by atoms with Crippen LogP contribution in [0.3, 0.4) is 0 Å². The van der Waals surface area contributed by atoms with Gasteiger partial charge in [0, 0.05) is 5.69 Å². The minimum Gasteiger partial charge on any atom is -0.488 e. The lowest BCUT2D eigenvalue weighted by Gasteiger charge is -2.10. The van der Waals surface area contributed by atoms with Gasteiger partial charge in [-0.05, 0) is 88.7 Å². The number of halogens is 1. The van der Waals surface area contributed by atoms with Crippen molar-refractivity contribution in [2.75, 3.05) is 5.32 Å². The molecule has 0 aromatic heterocycles. The van der Waals surface area contributed by atoms with E-state index in [1.807, 2.05) is 37.3 Å². The minimum absolute atomic E-state index is 0.00510. The first kappa shape index (κ1) is 23.0. The van der Waals surface area contributed by atoms with Crippen LogP contribution in [0, 0.1) is 21.8 Å². The first-order valence-electron chi connectivity index (χ1n) is 9.60. The fraction of sp³-hybridized carbons (Fsp3) is 0.0800. The maximum atomic E-state index is 12.5. The Morgan fingerprint density at radius 3 is 2.50 bits per heavy atom. The number of rotatable bonds is 7. The van der Waals surface area contributed by atoms with Crippen LogP contribution in [0.4, 0.5) is 5.69 Å². The molecular weight excluding hydrogens is 519 g/mol. The molecular formula is C25H19IN2O4. The van der Waals surface area contributed by atoms with Gasteiger partial charge in [0.2, 0.25) is 0 Å². The van der Waals surface area contributed by atoms with Gasteiger partial charge in [-0.3, -0.25) is 4.79 Å². The molecule has 2 N–H and O–H groups in total. The van der Waals surface area contributed by atoms with E-state index in [1.54, 1.807) is 30.3 Å². The monoisotopic (exact) mass is 538 g/mol. The summed E-state index contributed by atoms with van der Waals surface area (Å²) in [7, 11) is 0. The molecule has 0 fully saturated rings. The maximum Gasteiger partial charge on any atom is 0.335 e. The van der Waals surface area contributed by atoms with E-state index in [2.05, 4.69) is 27.9 Å². The number of nitrogens with one attached hydrogen (secondary N) is 1. The largest absolute Gasteiger partial charge is 0.488 e. The van der Waals surface area contributed by atoms with Gasteiger partial charge in [-0.1, -0.05) is 30.3 Å². The van der Waals surface area contributed by atoms with E-state index in [4.69, 9.17) is 9.84 Å². The fourth-order valence-corrected chi connectivity index (χ4v) is 3.56. The van der Waals surface area contributed by atoms with Gasteiger partial charge in [0.1, 0.15) is 24.0 Å². The number of carbonyl (C=O) groups is 2. The van der Waals surface area contributed by atoms with Crippen LogP contribution < -0.4 is 10.1 Å². The number of benzene rings is 3. The second kappa shape index (κ2) is 10.6. The molecule has 3 rings (SSSR count). The smallest absolute Gasteiger partial charge is 0.335 e. The molecule has 6 nitrogen and oxygen atoms in total. The third-order valence-electron chi connectivity index (χ3n) is 4.50. The molecule has 0 bridgehead atoms. The SMILES string of the molecule is Cc1cccc(NC(=O)/C(C#N)=C\c2ccc(OCc3ccc(C(=O)O)cc3)c(I)c2)c1. The van der Waals surface area contributed by atoms with Crippen molar-refractivity contribution in [2.24, 2.45) is 0 Å². The maximum absolute atomic E-state index is 12.5. The number of carbonyl (C=O) groups excluding carboxylic acids is 1. The van der Waals surface area contributed by atoms with Crippen LogP contribution in [-0.4, -0.2) is 17.0 Å². The van der Waals surface area contributed by atoms with E-state index in [-0.39, 0.29) is 17.7 Å². The molecule has 0 atom stereocenters. The quantitative estimate of drug-likeness (QED) is 0.238. The topological polar surface area (TPSA) is 99.4 Å². The molecule has 0 heterocycles. The van der Waals surface area contributed by atoms with Crippen LogP contribution in [-0.2, 0) is 11.4 Å². The molecule has 0 saturated carbocycles. The molecule has 3 aromatic carbocycles. The number of nitrogens with zero attached hydrogens (tertiary/aromatic N) is 1. The summed E-state index contributed by atoms with van der Waals surface area (Å²) < 4.78 is 6.64. The highest BCUT2D eigenvalue weighted by Crippen LogP contribution is 2.24. The summed E-state index contributed by atoms with van der Waals surface area (Å²) in [4.78, 5) is 23.4. The van der Waals surface area contributed by atoms with Gasteiger partial charge in [0.05, 0.1) is 9.13 Å². The molecule has 1 amide bonds. The zero-order valence-corrected chi connectivity index (χ0v) is 19.3. The van der Waals surface area contributed by atoms with Crippen LogP contribution >= 0.6 is 22.6 Å². The summed E-state index contributed by atoms with van der Waals surface area (Å²) in [5.74, 6) is -0.800. The van der Waals surface area contributed by atoms with Gasteiger partial charge in [-0.2, -0.15) is 5.26 Å². The van der Waals surface area contributed by atoms with Gasteiger partial charge in [-0.25, -0.2) is 4.79 Å². The Labute approximate surface area is 199 Å². The summed E-state index contributed by atoms with van der Waals surface area (Å²) in [5.41, 5.74) is 3.39. The number of amides is 1. The average Bonchev–Trinajstić information content (AvgIpc) is 2.77. The van der Waals surface area contributed by atoms with E-state index in [9.17, 15) is 14.9 Å². The Kier molecular flexibility index (Phi) is 7.63. The van der Waals surface area contributed by atoms with E-state index < -0.39 is 11.9 Å². The van der Waals surface area contributed by atoms with Crippen molar-refractivity contribution in [3.05, 3.63) is 98.1 Å². The van der Waals surface area contributed by atoms with E-state index >= 15 is 0 Å². The normalized spacial score (nSPS) is 10.8. The molecule has 0 saturated heterocycles. The van der Waals surface area contributed by atoms with Crippen molar-refractivity contribution in [3.8, 4) is 11.8 Å². The van der Waals surface area contributed by atoms with E-state index in [0.29, 0.717) is 17.0 Å². The van der Waals surface area contributed by atoms with Crippen molar-refractivity contribution in [3.63, 3.8) is 0 Å². The second-order valence-corrected chi connectivity index (χ2v) is 8.14. The Bertz CT molecular complexity index is 1230. The zero-order chi connectivity index (χ0) is 23.1. The number of carboxylic acid groups (broad SMARTS) is 1. The fourth-order valence-electron chi connectivity index (χ4n) is 2.87. The molecule has 0 radical (unpaired) electrons. The number of nitriles is 1. The van der Waals surface area contributed by atoms with Gasteiger partial charge >= 0.3 is 5.97 Å². The van der Waals surface area contributed by atoms with Crippen LogP contribution in [0.1, 0.15) is 27.0 Å². The standard InChI is InChI=1S/C25H19IN2O4/c1-16-3-2-4-21(11-16)28-24(29)20(14-27)12-18-7-10-23(22(26)13-18)32-15-17-5-8-19(9-6-17)25(30)31/h2-13H,15H2,1H3,(H,28,29)(H,30,31)/b20-12-. The summed E-state index contributed by atoms with van der Waals surface area (Å²) >= 11 is 2.13. The lowest BCUT2D eigenvalue weighted by Crippen LogP contribution is -2.13. The molecule has 7 heteroatoms. The molecule has 32 heavy (non-hydrogen) atoms. The van der Waals surface area contributed by atoms with Crippen LogP contribution in [0.25, 0.3) is 6.08 Å². The Morgan fingerprint density at radius 1 is 1.12 bits per heavy atom. The van der Waals surface area contributed by atoms with Gasteiger partial charge in [-0.15, -0.1) is 0 Å². The predicted molar refractivity (Wildman–Crippen MR) is 130 cm³/mol. The summed E-state index contributed by atoms with van der Waals surface area (Å²) in [5, 5.41) is 21.1. The number of aromatic carboxylic acids is 1. The summed E-state index contributed by atoms with van der Waals surface area (Å²) in [6, 6.07) is 21.1.